The molecule has 3 aliphatic rings. The second-order valence-corrected chi connectivity index (χ2v) is 13.5. The summed E-state index contributed by atoms with van der Waals surface area (Å²) >= 11 is 1.30. The molecule has 3 amide bonds. The van der Waals surface area contributed by atoms with Crippen molar-refractivity contribution in [2.45, 2.75) is 62.9 Å². The summed E-state index contributed by atoms with van der Waals surface area (Å²) in [5.41, 5.74) is 2.58. The Morgan fingerprint density at radius 3 is 2.28 bits per heavy atom. The van der Waals surface area contributed by atoms with Crippen LogP contribution in [0.15, 0.2) is 108 Å². The number of pyridine rings is 1. The summed E-state index contributed by atoms with van der Waals surface area (Å²) in [7, 11) is 0. The molecule has 2 saturated heterocycles. The number of ether oxygens (including phenoxy) is 2. The zero-order valence-corrected chi connectivity index (χ0v) is 27.2. The van der Waals surface area contributed by atoms with Crippen LogP contribution >= 0.6 is 11.8 Å². The van der Waals surface area contributed by atoms with Crippen molar-refractivity contribution in [1.29, 1.82) is 0 Å². The zero-order chi connectivity index (χ0) is 33.1. The molecule has 0 unspecified atom stereocenters. The van der Waals surface area contributed by atoms with Gasteiger partial charge in [-0.1, -0.05) is 66.7 Å². The van der Waals surface area contributed by atoms with Crippen LogP contribution in [-0.2, 0) is 30.4 Å². The lowest BCUT2D eigenvalue weighted by Crippen LogP contribution is -2.74. The fourth-order valence-corrected chi connectivity index (χ4v) is 7.00. The molecule has 11 heteroatoms. The molecule has 242 valence electrons. The van der Waals surface area contributed by atoms with Crippen LogP contribution in [0.2, 0.25) is 0 Å². The number of hydrogen-bond acceptors (Lipinski definition) is 8. The Bertz CT molecular complexity index is 1670. The number of carbonyl (C=O) groups is 4. The van der Waals surface area contributed by atoms with E-state index in [-0.39, 0.29) is 5.91 Å². The van der Waals surface area contributed by atoms with Crippen molar-refractivity contribution in [3.05, 3.63) is 125 Å². The van der Waals surface area contributed by atoms with Crippen molar-refractivity contribution in [3.8, 4) is 0 Å². The normalized spacial score (nSPS) is 21.7. The molecule has 10 nitrogen and oxygen atoms in total. The molecule has 3 aromatic rings. The highest BCUT2D eigenvalue weighted by Gasteiger charge is 2.56. The molecule has 2 fully saturated rings. The van der Waals surface area contributed by atoms with E-state index in [1.807, 2.05) is 78.9 Å². The van der Waals surface area contributed by atoms with Gasteiger partial charge in [-0.05, 0) is 67.5 Å². The maximum atomic E-state index is 14.3. The highest BCUT2D eigenvalue weighted by Crippen LogP contribution is 2.42. The van der Waals surface area contributed by atoms with Gasteiger partial charge in [-0.25, -0.2) is 9.59 Å². The number of fused-ring (bicyclic) bond motifs is 1. The van der Waals surface area contributed by atoms with E-state index in [4.69, 9.17) is 9.47 Å². The van der Waals surface area contributed by atoms with Gasteiger partial charge in [-0.3, -0.25) is 14.6 Å². The number of hydrogen-bond donors (Lipinski definition) is 1. The number of nitrogens with zero attached hydrogens (tertiary/aromatic N) is 3. The molecule has 3 atom stereocenters. The van der Waals surface area contributed by atoms with Crippen LogP contribution in [0.5, 0.6) is 0 Å². The molecule has 47 heavy (non-hydrogen) atoms. The number of aromatic nitrogens is 1. The SMILES string of the molecule is CC(C)(C)OC(=O)N[C@@H]1C(=O)N2[C@@H](C(=O)OC(c3ccccc3)c3ccccc3)C(C=C3CCN(Cc4ccccn4)C3=O)=CS[C@H]12. The van der Waals surface area contributed by atoms with Crippen LogP contribution in [0.4, 0.5) is 4.79 Å². The molecule has 2 aromatic carbocycles. The Balaban J connectivity index is 1.29. The number of thioether (sulfide) groups is 1. The number of esters is 1. The number of β-lactam (4-membered cyclic amide) rings is 1. The predicted octanol–water partition coefficient (Wildman–Crippen LogP) is 5.13. The molecule has 1 aromatic heterocycles. The van der Waals surface area contributed by atoms with Crippen molar-refractivity contribution in [1.82, 2.24) is 20.1 Å². The second-order valence-electron chi connectivity index (χ2n) is 12.5. The minimum absolute atomic E-state index is 0.151. The molecule has 0 saturated carbocycles. The third kappa shape index (κ3) is 7.10. The van der Waals surface area contributed by atoms with E-state index in [0.29, 0.717) is 30.7 Å². The number of amides is 3. The number of alkyl carbamates (subject to hydrolysis) is 1. The number of likely N-dealkylation sites (tertiary alicyclic amines) is 1. The summed E-state index contributed by atoms with van der Waals surface area (Å²) < 4.78 is 11.6. The quantitative estimate of drug-likeness (QED) is 0.202. The third-order valence-electron chi connectivity index (χ3n) is 7.98. The standard InChI is InChI=1S/C36H36N4O6S/c1-36(2,3)46-35(44)38-28-32(42)40-29(34(43)45-30(23-12-6-4-7-13-23)24-14-8-5-9-15-24)26(22-47-33(28)40)20-25-17-19-39(31(25)41)21-27-16-10-11-18-37-27/h4-16,18,20,22,28-30,33H,17,19,21H2,1-3H3,(H,38,44)/t28-,29-,33-/m1/s1. The lowest BCUT2D eigenvalue weighted by Gasteiger charge is -2.51. The van der Waals surface area contributed by atoms with Crippen LogP contribution in [0, 0.1) is 0 Å². The number of nitrogens with one attached hydrogen (secondary N) is 1. The number of carbonyl (C=O) groups excluding carboxylic acids is 4. The lowest BCUT2D eigenvalue weighted by atomic mass is 9.95. The van der Waals surface area contributed by atoms with Crippen LogP contribution in [-0.4, -0.2) is 68.3 Å². The fourth-order valence-electron chi connectivity index (χ4n) is 5.81. The van der Waals surface area contributed by atoms with Crippen LogP contribution in [0.25, 0.3) is 0 Å². The van der Waals surface area contributed by atoms with Gasteiger partial charge in [0, 0.05) is 18.3 Å². The number of benzene rings is 2. The number of rotatable bonds is 8. The second kappa shape index (κ2) is 13.4. The first-order valence-electron chi connectivity index (χ1n) is 15.5. The molecule has 0 spiro atoms. The van der Waals surface area contributed by atoms with Gasteiger partial charge in [0.15, 0.2) is 12.1 Å². The van der Waals surface area contributed by atoms with Crippen LogP contribution < -0.4 is 5.32 Å². The molecule has 6 rings (SSSR count). The highest BCUT2D eigenvalue weighted by molar-refractivity contribution is 8.03. The van der Waals surface area contributed by atoms with E-state index in [0.717, 1.165) is 16.8 Å². The highest BCUT2D eigenvalue weighted by atomic mass is 32.2. The van der Waals surface area contributed by atoms with E-state index in [2.05, 4.69) is 10.3 Å². The monoisotopic (exact) mass is 652 g/mol. The molecule has 0 radical (unpaired) electrons. The van der Waals surface area contributed by atoms with Gasteiger partial charge in [0.05, 0.1) is 12.2 Å². The Labute approximate surface area is 277 Å². The van der Waals surface area contributed by atoms with E-state index < -0.39 is 47.1 Å². The molecule has 0 aliphatic carbocycles. The smallest absolute Gasteiger partial charge is 0.408 e. The average molecular weight is 653 g/mol. The Hall–Kier alpha value is -4.90. The third-order valence-corrected chi connectivity index (χ3v) is 9.17. The summed E-state index contributed by atoms with van der Waals surface area (Å²) in [6.45, 7) is 6.10. The van der Waals surface area contributed by atoms with Crippen molar-refractivity contribution in [3.63, 3.8) is 0 Å². The lowest BCUT2D eigenvalue weighted by molar-refractivity contribution is -0.164. The van der Waals surface area contributed by atoms with Gasteiger partial charge in [0.1, 0.15) is 17.0 Å². The summed E-state index contributed by atoms with van der Waals surface area (Å²) in [5, 5.41) is 3.88. The first-order valence-corrected chi connectivity index (χ1v) is 16.4. The average Bonchev–Trinajstić information content (AvgIpc) is 3.40. The van der Waals surface area contributed by atoms with E-state index in [9.17, 15) is 19.2 Å². The van der Waals surface area contributed by atoms with Gasteiger partial charge >= 0.3 is 12.1 Å². The van der Waals surface area contributed by atoms with Gasteiger partial charge in [0.25, 0.3) is 0 Å². The van der Waals surface area contributed by atoms with Gasteiger partial charge in [-0.15, -0.1) is 11.8 Å². The Kier molecular flexibility index (Phi) is 9.17. The molecule has 3 aliphatic heterocycles. The first-order chi connectivity index (χ1) is 22.6. The molecular formula is C36H36N4O6S. The molecule has 4 heterocycles. The molecule has 0 bridgehead atoms. The minimum atomic E-state index is -1.13. The summed E-state index contributed by atoms with van der Waals surface area (Å²) in [6.07, 6.45) is 2.42. The topological polar surface area (TPSA) is 118 Å². The molecule has 1 N–H and O–H groups in total. The van der Waals surface area contributed by atoms with Crippen molar-refractivity contribution in [2.24, 2.45) is 0 Å². The van der Waals surface area contributed by atoms with Crippen molar-refractivity contribution >= 4 is 35.6 Å². The zero-order valence-electron chi connectivity index (χ0n) is 26.4. The fraction of sp³-hybridized carbons (Fsp3) is 0.306. The van der Waals surface area contributed by atoms with Gasteiger partial charge in [-0.2, -0.15) is 0 Å². The largest absolute Gasteiger partial charge is 0.451 e. The molecular weight excluding hydrogens is 616 g/mol. The summed E-state index contributed by atoms with van der Waals surface area (Å²) in [4.78, 5) is 61.4. The first kappa shape index (κ1) is 32.1. The van der Waals surface area contributed by atoms with Crippen molar-refractivity contribution < 1.29 is 28.7 Å². The Morgan fingerprint density at radius 1 is 1.00 bits per heavy atom. The van der Waals surface area contributed by atoms with Crippen LogP contribution in [0.1, 0.15) is 50.1 Å². The Morgan fingerprint density at radius 2 is 1.66 bits per heavy atom. The van der Waals surface area contributed by atoms with E-state index >= 15 is 0 Å². The summed E-state index contributed by atoms with van der Waals surface area (Å²) in [6, 6.07) is 22.3. The summed E-state index contributed by atoms with van der Waals surface area (Å²) in [5.74, 6) is -1.23. The van der Waals surface area contributed by atoms with E-state index in [1.54, 1.807) is 43.4 Å². The van der Waals surface area contributed by atoms with Gasteiger partial charge in [0.2, 0.25) is 11.8 Å². The van der Waals surface area contributed by atoms with E-state index in [1.165, 1.54) is 16.7 Å². The van der Waals surface area contributed by atoms with Crippen LogP contribution in [0.3, 0.4) is 0 Å². The maximum absolute atomic E-state index is 14.3. The van der Waals surface area contributed by atoms with Gasteiger partial charge < -0.3 is 24.6 Å². The predicted molar refractivity (Wildman–Crippen MR) is 176 cm³/mol. The minimum Gasteiger partial charge on any atom is -0.451 e. The van der Waals surface area contributed by atoms with Crippen molar-refractivity contribution in [2.75, 3.05) is 6.54 Å². The maximum Gasteiger partial charge on any atom is 0.408 e.